The summed E-state index contributed by atoms with van der Waals surface area (Å²) >= 11 is 0. The van der Waals surface area contributed by atoms with Crippen molar-refractivity contribution in [1.82, 2.24) is 0 Å². The van der Waals surface area contributed by atoms with E-state index in [9.17, 15) is 14.4 Å². The van der Waals surface area contributed by atoms with Crippen molar-refractivity contribution in [2.24, 2.45) is 40.4 Å². The lowest BCUT2D eigenvalue weighted by Gasteiger charge is -2.38. The van der Waals surface area contributed by atoms with Crippen LogP contribution < -0.4 is 0 Å². The maximum Gasteiger partial charge on any atom is 0.330 e. The zero-order chi connectivity index (χ0) is 29.2. The normalized spacial score (nSPS) is 33.5. The summed E-state index contributed by atoms with van der Waals surface area (Å²) in [5, 5.41) is 0. The van der Waals surface area contributed by atoms with E-state index in [2.05, 4.69) is 50.0 Å². The molecule has 5 aliphatic carbocycles. The van der Waals surface area contributed by atoms with Gasteiger partial charge < -0.3 is 14.2 Å². The van der Waals surface area contributed by atoms with E-state index in [-0.39, 0.29) is 29.4 Å². The van der Waals surface area contributed by atoms with Crippen molar-refractivity contribution in [1.29, 1.82) is 0 Å². The van der Waals surface area contributed by atoms with Crippen LogP contribution in [0.4, 0.5) is 0 Å². The van der Waals surface area contributed by atoms with E-state index in [1.165, 1.54) is 42.6 Å². The highest BCUT2D eigenvalue weighted by Crippen LogP contribution is 2.66. The van der Waals surface area contributed by atoms with Gasteiger partial charge in [-0.15, -0.1) is 0 Å². The molecule has 5 fully saturated rings. The molecule has 6 heteroatoms. The van der Waals surface area contributed by atoms with Crippen LogP contribution in [0.1, 0.15) is 92.4 Å². The standard InChI is InChI=1S/C13H20O2.C10H16.2C5H8O2/c1-5-11(14)15-10-8-9-6-7-13(10,4)12(9,2)3;1-2-9-7-4-5-8(6-7)10(9)3-1;2*1-3-5(6)7-4-2/h5,9-10H,1,6-8H2,2-4H3;7-10H,1-6H2;2*3H,1,4H2,2H3. The fraction of sp³-hybridized carbons (Fsp3) is 0.727. The van der Waals surface area contributed by atoms with Crippen molar-refractivity contribution in [2.75, 3.05) is 13.2 Å². The Bertz CT molecular complexity index is 837. The summed E-state index contributed by atoms with van der Waals surface area (Å²) in [5.74, 6) is 4.52. The van der Waals surface area contributed by atoms with E-state index in [4.69, 9.17) is 4.74 Å². The Labute approximate surface area is 236 Å². The summed E-state index contributed by atoms with van der Waals surface area (Å²) in [6.07, 6.45) is 16.7. The van der Waals surface area contributed by atoms with E-state index in [1.807, 2.05) is 0 Å². The molecule has 5 aliphatic rings. The summed E-state index contributed by atoms with van der Waals surface area (Å²) in [5.41, 5.74) is 0.468. The van der Waals surface area contributed by atoms with Crippen LogP contribution in [0.25, 0.3) is 0 Å². The molecule has 0 spiro atoms. The summed E-state index contributed by atoms with van der Waals surface area (Å²) in [4.78, 5) is 31.4. The average Bonchev–Trinajstić information content (AvgIpc) is 3.72. The Balaban J connectivity index is 0.000000194. The highest BCUT2D eigenvalue weighted by atomic mass is 16.5. The molecule has 0 aromatic rings. The fourth-order valence-corrected chi connectivity index (χ4v) is 7.92. The predicted molar refractivity (Wildman–Crippen MR) is 155 cm³/mol. The Morgan fingerprint density at radius 3 is 1.56 bits per heavy atom. The van der Waals surface area contributed by atoms with Gasteiger partial charge in [-0.3, -0.25) is 0 Å². The van der Waals surface area contributed by atoms with E-state index in [1.54, 1.807) is 52.4 Å². The molecular formula is C33H52O6. The molecule has 0 radical (unpaired) electrons. The molecule has 0 aromatic carbocycles. The van der Waals surface area contributed by atoms with Crippen molar-refractivity contribution in [3.05, 3.63) is 38.0 Å². The van der Waals surface area contributed by atoms with Gasteiger partial charge in [0, 0.05) is 23.6 Å². The molecule has 220 valence electrons. The summed E-state index contributed by atoms with van der Waals surface area (Å²) in [6.45, 7) is 21.1. The van der Waals surface area contributed by atoms with Crippen LogP contribution in [-0.4, -0.2) is 37.2 Å². The number of hydrogen-bond acceptors (Lipinski definition) is 6. The monoisotopic (exact) mass is 544 g/mol. The number of rotatable bonds is 6. The number of esters is 3. The van der Waals surface area contributed by atoms with Crippen molar-refractivity contribution in [2.45, 2.75) is 98.5 Å². The molecule has 0 amide bonds. The molecule has 0 N–H and O–H groups in total. The first kappa shape index (κ1) is 32.8. The fourth-order valence-electron chi connectivity index (χ4n) is 7.92. The zero-order valence-electron chi connectivity index (χ0n) is 25.0. The van der Waals surface area contributed by atoms with Crippen LogP contribution >= 0.6 is 0 Å². The number of carbonyl (C=O) groups is 3. The minimum Gasteiger partial charge on any atom is -0.463 e. The third kappa shape index (κ3) is 7.85. The minimum atomic E-state index is -0.359. The summed E-state index contributed by atoms with van der Waals surface area (Å²) < 4.78 is 14.3. The number of fused-ring (bicyclic) bond motifs is 7. The molecule has 7 atom stereocenters. The van der Waals surface area contributed by atoms with Gasteiger partial charge in [-0.2, -0.15) is 0 Å². The molecule has 5 rings (SSSR count). The van der Waals surface area contributed by atoms with Crippen molar-refractivity contribution in [3.8, 4) is 0 Å². The second-order valence-electron chi connectivity index (χ2n) is 12.2. The molecule has 0 heterocycles. The van der Waals surface area contributed by atoms with Gasteiger partial charge in [-0.05, 0) is 100 Å². The largest absolute Gasteiger partial charge is 0.463 e. The lowest BCUT2D eigenvalue weighted by molar-refractivity contribution is -0.150. The van der Waals surface area contributed by atoms with Gasteiger partial charge in [0.15, 0.2) is 0 Å². The Kier molecular flexibility index (Phi) is 12.5. The molecule has 5 saturated carbocycles. The molecule has 0 saturated heterocycles. The van der Waals surface area contributed by atoms with E-state index >= 15 is 0 Å². The Hall–Kier alpha value is -2.37. The lowest BCUT2D eigenvalue weighted by Crippen LogP contribution is -2.38. The maximum atomic E-state index is 11.3. The van der Waals surface area contributed by atoms with Crippen LogP contribution in [0.3, 0.4) is 0 Å². The van der Waals surface area contributed by atoms with Gasteiger partial charge in [-0.25, -0.2) is 14.4 Å². The van der Waals surface area contributed by atoms with Crippen LogP contribution in [0.2, 0.25) is 0 Å². The van der Waals surface area contributed by atoms with Gasteiger partial charge in [0.2, 0.25) is 0 Å². The van der Waals surface area contributed by atoms with Gasteiger partial charge in [0.1, 0.15) is 6.10 Å². The van der Waals surface area contributed by atoms with Gasteiger partial charge >= 0.3 is 17.9 Å². The third-order valence-electron chi connectivity index (χ3n) is 10.4. The molecule has 0 aliphatic heterocycles. The van der Waals surface area contributed by atoms with Crippen LogP contribution in [0.15, 0.2) is 38.0 Å². The summed E-state index contributed by atoms with van der Waals surface area (Å²) in [6, 6.07) is 0. The topological polar surface area (TPSA) is 78.9 Å². The molecule has 4 bridgehead atoms. The predicted octanol–water partition coefficient (Wildman–Crippen LogP) is 7.23. The summed E-state index contributed by atoms with van der Waals surface area (Å²) in [7, 11) is 0. The van der Waals surface area contributed by atoms with Crippen molar-refractivity contribution in [3.63, 3.8) is 0 Å². The smallest absolute Gasteiger partial charge is 0.330 e. The molecule has 6 nitrogen and oxygen atoms in total. The quantitative estimate of drug-likeness (QED) is 0.199. The van der Waals surface area contributed by atoms with Crippen LogP contribution in [0, 0.1) is 40.4 Å². The lowest BCUT2D eigenvalue weighted by atomic mass is 9.70. The number of ether oxygens (including phenoxy) is 3. The SMILES string of the molecule is C1CC2C3CCC(C3)C2C1.C=CC(=O)OC1CC2CCC1(C)C2(C)C.C=CC(=O)OCC.C=CC(=O)OCC. The second-order valence-corrected chi connectivity index (χ2v) is 12.2. The van der Waals surface area contributed by atoms with Gasteiger partial charge in [0.25, 0.3) is 0 Å². The first-order chi connectivity index (χ1) is 18.5. The van der Waals surface area contributed by atoms with Gasteiger partial charge in [0.05, 0.1) is 13.2 Å². The van der Waals surface area contributed by atoms with Gasteiger partial charge in [-0.1, -0.05) is 46.9 Å². The Morgan fingerprint density at radius 1 is 0.744 bits per heavy atom. The van der Waals surface area contributed by atoms with Crippen molar-refractivity contribution >= 4 is 17.9 Å². The highest BCUT2D eigenvalue weighted by molar-refractivity contribution is 5.81. The molecule has 0 aromatic heterocycles. The first-order valence-corrected chi connectivity index (χ1v) is 14.9. The maximum absolute atomic E-state index is 11.3. The third-order valence-corrected chi connectivity index (χ3v) is 10.4. The zero-order valence-corrected chi connectivity index (χ0v) is 25.0. The van der Waals surface area contributed by atoms with Crippen molar-refractivity contribution < 1.29 is 28.6 Å². The van der Waals surface area contributed by atoms with E-state index < -0.39 is 0 Å². The average molecular weight is 545 g/mol. The van der Waals surface area contributed by atoms with E-state index in [0.29, 0.717) is 24.5 Å². The van der Waals surface area contributed by atoms with Crippen LogP contribution in [-0.2, 0) is 28.6 Å². The first-order valence-electron chi connectivity index (χ1n) is 14.9. The Morgan fingerprint density at radius 2 is 1.23 bits per heavy atom. The minimum absolute atomic E-state index is 0.0942. The number of hydrogen-bond donors (Lipinski definition) is 0. The molecule has 7 unspecified atom stereocenters. The van der Waals surface area contributed by atoms with Crippen LogP contribution in [0.5, 0.6) is 0 Å². The second kappa shape index (κ2) is 14.9. The number of carbonyl (C=O) groups excluding carboxylic acids is 3. The molecular weight excluding hydrogens is 492 g/mol. The molecule has 39 heavy (non-hydrogen) atoms. The van der Waals surface area contributed by atoms with E-state index in [0.717, 1.165) is 18.6 Å². The highest BCUT2D eigenvalue weighted by Gasteiger charge is 2.62.